The summed E-state index contributed by atoms with van der Waals surface area (Å²) in [6.45, 7) is 2.42. The largest absolute Gasteiger partial charge is 0.490 e. The van der Waals surface area contributed by atoms with Crippen LogP contribution in [0.2, 0.25) is 5.02 Å². The van der Waals surface area contributed by atoms with E-state index in [2.05, 4.69) is 15.3 Å². The summed E-state index contributed by atoms with van der Waals surface area (Å²) < 4.78 is 48.2. The van der Waals surface area contributed by atoms with Gasteiger partial charge < -0.3 is 20.6 Å². The number of carboxylic acid groups (broad SMARTS) is 1. The Labute approximate surface area is 238 Å². The lowest BCUT2D eigenvalue weighted by Gasteiger charge is -2.19. The number of aliphatic hydroxyl groups is 2. The van der Waals surface area contributed by atoms with Gasteiger partial charge in [0.1, 0.15) is 22.8 Å². The summed E-state index contributed by atoms with van der Waals surface area (Å²) in [7, 11) is 0. The van der Waals surface area contributed by atoms with Crippen LogP contribution in [0.4, 0.5) is 29.1 Å². The number of benzene rings is 2. The lowest BCUT2D eigenvalue weighted by atomic mass is 10.1. The number of aliphatic carboxylic acids is 1. The zero-order valence-electron chi connectivity index (χ0n) is 21.1. The molecule has 5 rings (SSSR count). The van der Waals surface area contributed by atoms with Gasteiger partial charge in [0.25, 0.3) is 0 Å². The summed E-state index contributed by atoms with van der Waals surface area (Å²) in [6.07, 6.45) is -1.56. The van der Waals surface area contributed by atoms with E-state index in [0.29, 0.717) is 37.7 Å². The first-order valence-corrected chi connectivity index (χ1v) is 13.2. The Morgan fingerprint density at radius 3 is 2.41 bits per heavy atom. The van der Waals surface area contributed by atoms with E-state index in [0.717, 1.165) is 31.2 Å². The maximum atomic E-state index is 13.6. The van der Waals surface area contributed by atoms with Gasteiger partial charge >= 0.3 is 12.1 Å². The molecule has 218 valence electrons. The van der Waals surface area contributed by atoms with Crippen molar-refractivity contribution in [2.75, 3.05) is 38.2 Å². The fourth-order valence-corrected chi connectivity index (χ4v) is 5.32. The van der Waals surface area contributed by atoms with E-state index in [-0.39, 0.29) is 18.2 Å². The van der Waals surface area contributed by atoms with Crippen LogP contribution in [0.25, 0.3) is 31.2 Å². The van der Waals surface area contributed by atoms with Crippen LogP contribution in [0.1, 0.15) is 0 Å². The SMILES string of the molecule is O=C(O)C(F)(F)F.OCCN(CCO)CCn1cc2c(ccc3c2sc2ncnc(Nc4ccc(F)c(Cl)c4)c23)n1. The number of nitrogens with one attached hydrogen (secondary N) is 1. The molecule has 0 aliphatic carbocycles. The second-order valence-electron chi connectivity index (χ2n) is 8.62. The van der Waals surface area contributed by atoms with Crippen molar-refractivity contribution in [1.82, 2.24) is 24.6 Å². The highest BCUT2D eigenvalue weighted by atomic mass is 35.5. The van der Waals surface area contributed by atoms with Gasteiger partial charge in [0, 0.05) is 47.0 Å². The Kier molecular flexibility index (Phi) is 9.55. The van der Waals surface area contributed by atoms with Gasteiger partial charge in [-0.15, -0.1) is 11.3 Å². The standard InChI is InChI=1S/C23H22ClFN6O2S.C2HF3O2/c24-17-11-14(1-3-18(17)25)28-22-20-15-2-4-19-16(21(15)34-23(20)27-13-26-22)12-31(29-19)6-5-30(7-9-32)8-10-33;3-2(4,5)1(6)7/h1-4,11-13,32-33H,5-10H2,(H,26,27,28);(H,6,7). The van der Waals surface area contributed by atoms with Gasteiger partial charge in [-0.05, 0) is 24.3 Å². The normalized spacial score (nSPS) is 11.8. The smallest absolute Gasteiger partial charge is 0.475 e. The predicted octanol–water partition coefficient (Wildman–Crippen LogP) is 4.65. The zero-order valence-corrected chi connectivity index (χ0v) is 22.6. The van der Waals surface area contributed by atoms with Gasteiger partial charge in [0.2, 0.25) is 0 Å². The Hall–Kier alpha value is -3.63. The molecule has 0 amide bonds. The maximum absolute atomic E-state index is 13.6. The first kappa shape index (κ1) is 30.3. The molecule has 0 saturated heterocycles. The highest BCUT2D eigenvalue weighted by molar-refractivity contribution is 7.26. The number of carboxylic acids is 1. The minimum absolute atomic E-state index is 0.0381. The first-order chi connectivity index (χ1) is 19.5. The number of aromatic nitrogens is 4. The molecular weight excluding hydrogens is 592 g/mol. The summed E-state index contributed by atoms with van der Waals surface area (Å²) in [4.78, 5) is 20.6. The summed E-state index contributed by atoms with van der Waals surface area (Å²) >= 11 is 7.51. The number of thiophene rings is 1. The van der Waals surface area contributed by atoms with E-state index in [1.807, 2.05) is 27.9 Å². The van der Waals surface area contributed by atoms with Crippen molar-refractivity contribution in [3.05, 3.63) is 53.7 Å². The number of aliphatic hydroxyl groups excluding tert-OH is 2. The van der Waals surface area contributed by atoms with Crippen molar-refractivity contribution in [2.24, 2.45) is 0 Å². The van der Waals surface area contributed by atoms with Crippen molar-refractivity contribution >= 4 is 71.6 Å². The van der Waals surface area contributed by atoms with Gasteiger partial charge in [0.05, 0.1) is 35.7 Å². The number of carbonyl (C=O) groups is 1. The van der Waals surface area contributed by atoms with Gasteiger partial charge in [-0.25, -0.2) is 19.2 Å². The molecule has 0 fully saturated rings. The Bertz CT molecular complexity index is 1670. The Balaban J connectivity index is 0.000000493. The molecule has 0 aliphatic rings. The molecule has 10 nitrogen and oxygen atoms in total. The number of rotatable bonds is 9. The molecular formula is C25H23ClF4N6O4S. The van der Waals surface area contributed by atoms with Crippen molar-refractivity contribution in [3.8, 4) is 0 Å². The molecule has 0 radical (unpaired) electrons. The summed E-state index contributed by atoms with van der Waals surface area (Å²) in [6, 6.07) is 8.45. The Morgan fingerprint density at radius 1 is 1.07 bits per heavy atom. The first-order valence-electron chi connectivity index (χ1n) is 12.0. The molecule has 0 unspecified atom stereocenters. The van der Waals surface area contributed by atoms with E-state index < -0.39 is 18.0 Å². The highest BCUT2D eigenvalue weighted by Crippen LogP contribution is 2.40. The van der Waals surface area contributed by atoms with E-state index in [1.165, 1.54) is 18.5 Å². The Morgan fingerprint density at radius 2 is 1.78 bits per heavy atom. The molecule has 41 heavy (non-hydrogen) atoms. The number of anilines is 2. The summed E-state index contributed by atoms with van der Waals surface area (Å²) in [5.41, 5.74) is 1.51. The number of nitrogens with zero attached hydrogens (tertiary/aromatic N) is 5. The average molecular weight is 615 g/mol. The second kappa shape index (κ2) is 12.9. The van der Waals surface area contributed by atoms with Crippen LogP contribution < -0.4 is 5.32 Å². The molecule has 4 N–H and O–H groups in total. The maximum Gasteiger partial charge on any atom is 0.490 e. The van der Waals surface area contributed by atoms with E-state index in [4.69, 9.17) is 26.6 Å². The number of hydrogen-bond donors (Lipinski definition) is 4. The molecule has 0 bridgehead atoms. The van der Waals surface area contributed by atoms with E-state index >= 15 is 0 Å². The van der Waals surface area contributed by atoms with Crippen molar-refractivity contribution in [1.29, 1.82) is 0 Å². The second-order valence-corrected chi connectivity index (χ2v) is 10.0. The van der Waals surface area contributed by atoms with Crippen LogP contribution in [0, 0.1) is 5.82 Å². The van der Waals surface area contributed by atoms with Gasteiger partial charge in [-0.1, -0.05) is 17.7 Å². The molecule has 0 aliphatic heterocycles. The number of alkyl halides is 3. The molecule has 3 aromatic heterocycles. The topological polar surface area (TPSA) is 137 Å². The van der Waals surface area contributed by atoms with Crippen LogP contribution in [0.5, 0.6) is 0 Å². The predicted molar refractivity (Wildman–Crippen MR) is 147 cm³/mol. The summed E-state index contributed by atoms with van der Waals surface area (Å²) in [5.74, 6) is -2.61. The fourth-order valence-electron chi connectivity index (χ4n) is 3.99. The minimum atomic E-state index is -5.08. The lowest BCUT2D eigenvalue weighted by Crippen LogP contribution is -2.32. The van der Waals surface area contributed by atoms with Crippen LogP contribution in [0.3, 0.4) is 0 Å². The van der Waals surface area contributed by atoms with Crippen molar-refractivity contribution < 1.29 is 37.7 Å². The van der Waals surface area contributed by atoms with Gasteiger partial charge in [-0.2, -0.15) is 18.3 Å². The van der Waals surface area contributed by atoms with Crippen LogP contribution in [-0.2, 0) is 11.3 Å². The summed E-state index contributed by atoms with van der Waals surface area (Å²) in [5, 5.41) is 36.5. The van der Waals surface area contributed by atoms with Crippen LogP contribution in [-0.4, -0.2) is 85.0 Å². The minimum Gasteiger partial charge on any atom is -0.475 e. The molecule has 16 heteroatoms. The average Bonchev–Trinajstić information content (AvgIpc) is 3.51. The highest BCUT2D eigenvalue weighted by Gasteiger charge is 2.38. The lowest BCUT2D eigenvalue weighted by molar-refractivity contribution is -0.192. The molecule has 0 atom stereocenters. The van der Waals surface area contributed by atoms with E-state index in [9.17, 15) is 27.8 Å². The fraction of sp³-hybridized carbons (Fsp3) is 0.280. The number of fused-ring (bicyclic) bond motifs is 5. The number of hydrogen-bond acceptors (Lipinski definition) is 9. The monoisotopic (exact) mass is 614 g/mol. The van der Waals surface area contributed by atoms with Crippen LogP contribution >= 0.6 is 22.9 Å². The van der Waals surface area contributed by atoms with Crippen molar-refractivity contribution in [2.45, 2.75) is 12.7 Å². The molecule has 2 aromatic carbocycles. The zero-order chi connectivity index (χ0) is 29.7. The quantitative estimate of drug-likeness (QED) is 0.175. The van der Waals surface area contributed by atoms with Crippen molar-refractivity contribution in [3.63, 3.8) is 0 Å². The third kappa shape index (κ3) is 7.18. The van der Waals surface area contributed by atoms with Gasteiger partial charge in [0.15, 0.2) is 0 Å². The third-order valence-corrected chi connectivity index (χ3v) is 7.31. The molecule has 3 heterocycles. The molecule has 0 spiro atoms. The van der Waals surface area contributed by atoms with Crippen LogP contribution in [0.15, 0.2) is 42.9 Å². The third-order valence-electron chi connectivity index (χ3n) is 5.87. The van der Waals surface area contributed by atoms with E-state index in [1.54, 1.807) is 17.4 Å². The van der Waals surface area contributed by atoms with Gasteiger partial charge in [-0.3, -0.25) is 9.58 Å². The molecule has 5 aromatic rings. The number of halogens is 5. The molecule has 0 saturated carbocycles.